The Bertz CT molecular complexity index is 1190. The van der Waals surface area contributed by atoms with Gasteiger partial charge in [0, 0.05) is 25.7 Å². The third kappa shape index (κ3) is 3.98. The molecule has 0 spiro atoms. The third-order valence-electron chi connectivity index (χ3n) is 6.06. The second-order valence-electron chi connectivity index (χ2n) is 8.03. The van der Waals surface area contributed by atoms with Crippen LogP contribution in [0.3, 0.4) is 0 Å². The van der Waals surface area contributed by atoms with Gasteiger partial charge in [-0.15, -0.1) is 0 Å². The first-order chi connectivity index (χ1) is 15.5. The van der Waals surface area contributed by atoms with Crippen LogP contribution >= 0.6 is 0 Å². The normalized spacial score (nSPS) is 13.4. The lowest BCUT2D eigenvalue weighted by Gasteiger charge is -2.30. The Labute approximate surface area is 187 Å². The molecule has 0 saturated heterocycles. The molecule has 0 amide bonds. The quantitative estimate of drug-likeness (QED) is 0.607. The van der Waals surface area contributed by atoms with Crippen molar-refractivity contribution in [2.45, 2.75) is 26.4 Å². The molecule has 1 aliphatic heterocycles. The summed E-state index contributed by atoms with van der Waals surface area (Å²) < 4.78 is 16.3. The average Bonchev–Trinajstić information content (AvgIpc) is 2.81. The SMILES string of the molecule is CCN(C)Cc1ccc2c(c1)CN(c1nc3cc(OC)c(OC)c(OC)c3c(=O)[nH]1)CC2. The molecule has 170 valence electrons. The summed E-state index contributed by atoms with van der Waals surface area (Å²) in [7, 11) is 6.68. The fourth-order valence-corrected chi connectivity index (χ4v) is 4.22. The standard InChI is InChI=1S/C24H30N4O4/c1-6-27(2)13-15-7-8-16-9-10-28(14-17(16)11-15)24-25-18-12-19(30-3)21(31-4)22(32-5)20(18)23(29)26-24/h7-8,11-12H,6,9-10,13-14H2,1-5H3,(H,25,26,29). The van der Waals surface area contributed by atoms with E-state index in [-0.39, 0.29) is 5.56 Å². The Hall–Kier alpha value is -3.26. The number of aromatic amines is 1. The van der Waals surface area contributed by atoms with Crippen LogP contribution in [0.2, 0.25) is 0 Å². The number of H-pyrrole nitrogens is 1. The number of hydrogen-bond acceptors (Lipinski definition) is 7. The van der Waals surface area contributed by atoms with E-state index in [2.05, 4.69) is 47.0 Å². The third-order valence-corrected chi connectivity index (χ3v) is 6.06. The van der Waals surface area contributed by atoms with Gasteiger partial charge in [0.1, 0.15) is 5.39 Å². The van der Waals surface area contributed by atoms with Gasteiger partial charge in [-0.3, -0.25) is 9.78 Å². The lowest BCUT2D eigenvalue weighted by atomic mass is 9.97. The second kappa shape index (κ2) is 9.08. The van der Waals surface area contributed by atoms with Crippen LogP contribution in [0.4, 0.5) is 5.95 Å². The first kappa shape index (κ1) is 22.0. The Kier molecular flexibility index (Phi) is 6.23. The van der Waals surface area contributed by atoms with E-state index < -0.39 is 0 Å². The Balaban J connectivity index is 1.72. The van der Waals surface area contributed by atoms with Crippen LogP contribution in [0.5, 0.6) is 17.2 Å². The van der Waals surface area contributed by atoms with Crippen LogP contribution in [-0.2, 0) is 19.5 Å². The molecule has 8 heteroatoms. The van der Waals surface area contributed by atoms with Gasteiger partial charge in [0.2, 0.25) is 11.7 Å². The second-order valence-corrected chi connectivity index (χ2v) is 8.03. The number of nitrogens with zero attached hydrogens (tertiary/aromatic N) is 3. The van der Waals surface area contributed by atoms with E-state index >= 15 is 0 Å². The van der Waals surface area contributed by atoms with E-state index in [0.717, 1.165) is 26.1 Å². The van der Waals surface area contributed by atoms with E-state index in [1.807, 2.05) is 0 Å². The number of rotatable bonds is 7. The lowest BCUT2D eigenvalue weighted by molar-refractivity contribution is 0.327. The summed E-state index contributed by atoms with van der Waals surface area (Å²) in [6.07, 6.45) is 0.899. The van der Waals surface area contributed by atoms with Gasteiger partial charge in [0.25, 0.3) is 5.56 Å². The summed E-state index contributed by atoms with van der Waals surface area (Å²) >= 11 is 0. The number of aromatic nitrogens is 2. The number of anilines is 1. The number of methoxy groups -OCH3 is 3. The first-order valence-corrected chi connectivity index (χ1v) is 10.8. The van der Waals surface area contributed by atoms with Gasteiger partial charge in [-0.05, 0) is 36.7 Å². The molecule has 0 aliphatic carbocycles. The molecule has 0 radical (unpaired) electrons. The summed E-state index contributed by atoms with van der Waals surface area (Å²) in [5.41, 5.74) is 4.14. The van der Waals surface area contributed by atoms with E-state index in [4.69, 9.17) is 19.2 Å². The Morgan fingerprint density at radius 3 is 2.56 bits per heavy atom. The van der Waals surface area contributed by atoms with Crippen LogP contribution in [0, 0.1) is 0 Å². The van der Waals surface area contributed by atoms with Crippen molar-refractivity contribution in [1.29, 1.82) is 0 Å². The summed E-state index contributed by atoms with van der Waals surface area (Å²) in [4.78, 5) is 25.1. The number of hydrogen-bond donors (Lipinski definition) is 1. The van der Waals surface area contributed by atoms with E-state index in [0.29, 0.717) is 40.6 Å². The van der Waals surface area contributed by atoms with Gasteiger partial charge in [-0.1, -0.05) is 25.1 Å². The highest BCUT2D eigenvalue weighted by Gasteiger charge is 2.23. The number of nitrogens with one attached hydrogen (secondary N) is 1. The maximum absolute atomic E-state index is 13.0. The number of benzene rings is 2. The van der Waals surface area contributed by atoms with Gasteiger partial charge in [-0.2, -0.15) is 0 Å². The largest absolute Gasteiger partial charge is 0.493 e. The van der Waals surface area contributed by atoms with Gasteiger partial charge < -0.3 is 24.0 Å². The summed E-state index contributed by atoms with van der Waals surface area (Å²) in [6, 6.07) is 8.42. The van der Waals surface area contributed by atoms with E-state index in [9.17, 15) is 4.79 Å². The number of fused-ring (bicyclic) bond motifs is 2. The molecule has 0 atom stereocenters. The highest BCUT2D eigenvalue weighted by atomic mass is 16.5. The van der Waals surface area contributed by atoms with Crippen molar-refractivity contribution in [2.24, 2.45) is 0 Å². The molecule has 32 heavy (non-hydrogen) atoms. The summed E-state index contributed by atoms with van der Waals surface area (Å²) in [5, 5.41) is 0.344. The molecule has 8 nitrogen and oxygen atoms in total. The highest BCUT2D eigenvalue weighted by molar-refractivity contribution is 5.90. The molecule has 4 rings (SSSR count). The van der Waals surface area contributed by atoms with Crippen molar-refractivity contribution in [3.05, 3.63) is 51.3 Å². The lowest BCUT2D eigenvalue weighted by Crippen LogP contribution is -2.33. The zero-order valence-corrected chi connectivity index (χ0v) is 19.3. The monoisotopic (exact) mass is 438 g/mol. The minimum atomic E-state index is -0.271. The van der Waals surface area contributed by atoms with Crippen molar-refractivity contribution < 1.29 is 14.2 Å². The average molecular weight is 439 g/mol. The Morgan fingerprint density at radius 2 is 1.88 bits per heavy atom. The van der Waals surface area contributed by atoms with Gasteiger partial charge >= 0.3 is 0 Å². The predicted octanol–water partition coefficient (Wildman–Crippen LogP) is 2.96. The van der Waals surface area contributed by atoms with E-state index in [1.54, 1.807) is 13.2 Å². The van der Waals surface area contributed by atoms with Gasteiger partial charge in [0.15, 0.2) is 11.5 Å². The molecule has 1 aromatic heterocycles. The van der Waals surface area contributed by atoms with Gasteiger partial charge in [0.05, 0.1) is 26.8 Å². The topological polar surface area (TPSA) is 79.9 Å². The molecule has 0 saturated carbocycles. The summed E-state index contributed by atoms with van der Waals surface area (Å²) in [6.45, 7) is 5.54. The summed E-state index contributed by atoms with van der Waals surface area (Å²) in [5.74, 6) is 1.70. The Morgan fingerprint density at radius 1 is 1.09 bits per heavy atom. The zero-order valence-electron chi connectivity index (χ0n) is 19.3. The van der Waals surface area contributed by atoms with Crippen LogP contribution in [0.15, 0.2) is 29.1 Å². The molecule has 0 fully saturated rings. The van der Waals surface area contributed by atoms with Crippen LogP contribution in [-0.4, -0.2) is 56.3 Å². The molecule has 1 N–H and O–H groups in total. The van der Waals surface area contributed by atoms with E-state index in [1.165, 1.54) is 30.9 Å². The fraction of sp³-hybridized carbons (Fsp3) is 0.417. The molecule has 3 aromatic rings. The molecule has 2 aromatic carbocycles. The zero-order chi connectivity index (χ0) is 22.8. The minimum Gasteiger partial charge on any atom is -0.493 e. The number of ether oxygens (including phenoxy) is 3. The predicted molar refractivity (Wildman–Crippen MR) is 125 cm³/mol. The van der Waals surface area contributed by atoms with Crippen molar-refractivity contribution in [1.82, 2.24) is 14.9 Å². The maximum Gasteiger partial charge on any atom is 0.264 e. The molecule has 2 heterocycles. The van der Waals surface area contributed by atoms with Crippen molar-refractivity contribution in [2.75, 3.05) is 46.4 Å². The molecule has 0 bridgehead atoms. The fourth-order valence-electron chi connectivity index (χ4n) is 4.22. The van der Waals surface area contributed by atoms with Crippen molar-refractivity contribution >= 4 is 16.9 Å². The minimum absolute atomic E-state index is 0.271. The van der Waals surface area contributed by atoms with Crippen LogP contribution in [0.25, 0.3) is 10.9 Å². The highest BCUT2D eigenvalue weighted by Crippen LogP contribution is 2.41. The van der Waals surface area contributed by atoms with Crippen molar-refractivity contribution in [3.63, 3.8) is 0 Å². The molecule has 1 aliphatic rings. The van der Waals surface area contributed by atoms with Crippen LogP contribution < -0.4 is 24.7 Å². The molecular formula is C24H30N4O4. The smallest absolute Gasteiger partial charge is 0.264 e. The van der Waals surface area contributed by atoms with Crippen LogP contribution in [0.1, 0.15) is 23.6 Å². The molecule has 0 unspecified atom stereocenters. The maximum atomic E-state index is 13.0. The van der Waals surface area contributed by atoms with Gasteiger partial charge in [-0.25, -0.2) is 4.98 Å². The first-order valence-electron chi connectivity index (χ1n) is 10.8. The molecular weight excluding hydrogens is 408 g/mol. The van der Waals surface area contributed by atoms with Crippen molar-refractivity contribution in [3.8, 4) is 17.2 Å².